The van der Waals surface area contributed by atoms with E-state index in [0.717, 1.165) is 22.6 Å². The second-order valence-electron chi connectivity index (χ2n) is 7.54. The number of fused-ring (bicyclic) bond motifs is 2. The maximum atomic E-state index is 13.9. The summed E-state index contributed by atoms with van der Waals surface area (Å²) < 4.78 is 13.9. The van der Waals surface area contributed by atoms with Gasteiger partial charge in [0.15, 0.2) is 17.1 Å². The number of benzene rings is 1. The molecule has 0 atom stereocenters. The second-order valence-corrected chi connectivity index (χ2v) is 7.54. The average Bonchev–Trinajstić information content (AvgIpc) is 3.41. The third-order valence-corrected chi connectivity index (χ3v) is 5.31. The third kappa shape index (κ3) is 3.21. The lowest BCUT2D eigenvalue weighted by molar-refractivity contribution is 0.469. The van der Waals surface area contributed by atoms with E-state index in [1.807, 2.05) is 12.1 Å². The molecule has 0 unspecified atom stereocenters. The van der Waals surface area contributed by atoms with Crippen LogP contribution in [0.5, 0.6) is 5.75 Å². The van der Waals surface area contributed by atoms with Crippen molar-refractivity contribution >= 4 is 27.9 Å². The van der Waals surface area contributed by atoms with Gasteiger partial charge in [-0.15, -0.1) is 0 Å². The molecule has 0 bridgehead atoms. The van der Waals surface area contributed by atoms with Gasteiger partial charge in [-0.1, -0.05) is 0 Å². The topological polar surface area (TPSA) is 142 Å². The molecule has 160 valence electrons. The number of rotatable bonds is 3. The van der Waals surface area contributed by atoms with Gasteiger partial charge in [-0.25, -0.2) is 19.3 Å². The van der Waals surface area contributed by atoms with Crippen LogP contribution in [-0.2, 0) is 0 Å². The van der Waals surface area contributed by atoms with Crippen LogP contribution in [0.1, 0.15) is 0 Å². The number of aromatic amines is 2. The fraction of sp³-hybridized carbons (Fsp3) is 0. The Bertz CT molecular complexity index is 1650. The Morgan fingerprint density at radius 2 is 1.79 bits per heavy atom. The van der Waals surface area contributed by atoms with Crippen LogP contribution in [0.4, 0.5) is 10.1 Å². The van der Waals surface area contributed by atoms with Gasteiger partial charge in [-0.3, -0.25) is 10.1 Å². The molecule has 10 heteroatoms. The Morgan fingerprint density at radius 1 is 0.909 bits per heavy atom. The van der Waals surface area contributed by atoms with Crippen molar-refractivity contribution in [2.75, 3.05) is 5.73 Å². The summed E-state index contributed by atoms with van der Waals surface area (Å²) >= 11 is 0. The number of nitrogens with zero attached hydrogens (tertiary/aromatic N) is 5. The number of halogens is 1. The van der Waals surface area contributed by atoms with Crippen molar-refractivity contribution in [2.45, 2.75) is 0 Å². The highest BCUT2D eigenvalue weighted by Gasteiger charge is 2.17. The number of hydrogen-bond acceptors (Lipinski definition) is 7. The van der Waals surface area contributed by atoms with Crippen LogP contribution < -0.4 is 5.73 Å². The highest BCUT2D eigenvalue weighted by Crippen LogP contribution is 2.33. The van der Waals surface area contributed by atoms with Gasteiger partial charge in [-0.2, -0.15) is 5.10 Å². The molecule has 5 aromatic heterocycles. The van der Waals surface area contributed by atoms with Gasteiger partial charge in [-0.05, 0) is 35.9 Å². The number of aromatic nitrogens is 7. The van der Waals surface area contributed by atoms with Crippen LogP contribution in [0.15, 0.2) is 61.2 Å². The van der Waals surface area contributed by atoms with E-state index < -0.39 is 5.82 Å². The van der Waals surface area contributed by atoms with Crippen LogP contribution in [0.2, 0.25) is 0 Å². The van der Waals surface area contributed by atoms with E-state index in [1.165, 1.54) is 12.1 Å². The van der Waals surface area contributed by atoms with Crippen molar-refractivity contribution in [3.8, 4) is 39.5 Å². The summed E-state index contributed by atoms with van der Waals surface area (Å²) in [6.45, 7) is 0. The molecule has 33 heavy (non-hydrogen) atoms. The predicted molar refractivity (Wildman–Crippen MR) is 121 cm³/mol. The number of pyridine rings is 3. The van der Waals surface area contributed by atoms with E-state index in [1.54, 1.807) is 30.9 Å². The predicted octanol–water partition coefficient (Wildman–Crippen LogP) is 4.05. The molecule has 0 aliphatic carbocycles. The molecular weight excluding hydrogens is 423 g/mol. The zero-order valence-corrected chi connectivity index (χ0v) is 16.9. The number of imidazole rings is 1. The third-order valence-electron chi connectivity index (χ3n) is 5.31. The summed E-state index contributed by atoms with van der Waals surface area (Å²) in [5, 5.41) is 17.9. The Labute approximate surface area is 185 Å². The highest BCUT2D eigenvalue weighted by atomic mass is 19.1. The van der Waals surface area contributed by atoms with Crippen molar-refractivity contribution in [3.05, 3.63) is 67.0 Å². The molecule has 9 nitrogen and oxygen atoms in total. The summed E-state index contributed by atoms with van der Waals surface area (Å²) in [7, 11) is 0. The molecule has 1 aromatic carbocycles. The summed E-state index contributed by atoms with van der Waals surface area (Å²) in [5.74, 6) is -0.237. The largest absolute Gasteiger partial charge is 0.508 e. The molecule has 0 saturated carbocycles. The SMILES string of the molecule is Nc1cncc(-c2cnc3[nH]nc(-c4nc5c(-c6cc(O)cc(F)c6)ccnc5[nH]4)c3c2)c1. The summed E-state index contributed by atoms with van der Waals surface area (Å²) in [4.78, 5) is 20.8. The lowest BCUT2D eigenvalue weighted by Gasteiger charge is -2.03. The van der Waals surface area contributed by atoms with Crippen molar-refractivity contribution in [1.82, 2.24) is 35.1 Å². The van der Waals surface area contributed by atoms with E-state index in [9.17, 15) is 9.50 Å². The Kier molecular flexibility index (Phi) is 4.06. The summed E-state index contributed by atoms with van der Waals surface area (Å²) in [5.41, 5.74) is 11.4. The summed E-state index contributed by atoms with van der Waals surface area (Å²) in [6, 6.07) is 9.34. The van der Waals surface area contributed by atoms with Crippen LogP contribution in [0.3, 0.4) is 0 Å². The molecule has 0 saturated heterocycles. The number of H-pyrrole nitrogens is 2. The lowest BCUT2D eigenvalue weighted by atomic mass is 10.1. The normalized spacial score (nSPS) is 11.4. The molecule has 0 radical (unpaired) electrons. The molecule has 6 aromatic rings. The van der Waals surface area contributed by atoms with Crippen LogP contribution in [-0.4, -0.2) is 40.2 Å². The Balaban J connectivity index is 1.51. The molecule has 6 rings (SSSR count). The minimum atomic E-state index is -0.543. The molecule has 0 amide bonds. The zero-order valence-electron chi connectivity index (χ0n) is 16.9. The van der Waals surface area contributed by atoms with Gasteiger partial charge >= 0.3 is 0 Å². The number of phenolic OH excluding ortho intramolecular Hbond substituents is 1. The number of nitrogen functional groups attached to an aromatic ring is 1. The number of nitrogens with two attached hydrogens (primary N) is 1. The van der Waals surface area contributed by atoms with Gasteiger partial charge in [0.25, 0.3) is 0 Å². The van der Waals surface area contributed by atoms with Gasteiger partial charge < -0.3 is 15.8 Å². The van der Waals surface area contributed by atoms with Crippen molar-refractivity contribution in [2.24, 2.45) is 0 Å². The first-order valence-electron chi connectivity index (χ1n) is 9.95. The minimum Gasteiger partial charge on any atom is -0.508 e. The first kappa shape index (κ1) is 18.9. The van der Waals surface area contributed by atoms with Crippen LogP contribution >= 0.6 is 0 Å². The molecular formula is C23H15FN8O. The average molecular weight is 438 g/mol. The number of hydrogen-bond donors (Lipinski definition) is 4. The molecule has 0 aliphatic heterocycles. The lowest BCUT2D eigenvalue weighted by Crippen LogP contribution is -1.89. The molecule has 0 aliphatic rings. The van der Waals surface area contributed by atoms with E-state index in [4.69, 9.17) is 10.7 Å². The van der Waals surface area contributed by atoms with Gasteiger partial charge in [0, 0.05) is 47.5 Å². The number of anilines is 1. The van der Waals surface area contributed by atoms with Gasteiger partial charge in [0.2, 0.25) is 0 Å². The first-order valence-corrected chi connectivity index (χ1v) is 9.95. The monoisotopic (exact) mass is 438 g/mol. The summed E-state index contributed by atoms with van der Waals surface area (Å²) in [6.07, 6.45) is 6.60. The Hall–Kier alpha value is -4.86. The van der Waals surface area contributed by atoms with Gasteiger partial charge in [0.05, 0.1) is 11.1 Å². The first-order chi connectivity index (χ1) is 16.0. The second kappa shape index (κ2) is 7.09. The highest BCUT2D eigenvalue weighted by molar-refractivity contribution is 5.96. The number of nitrogens with one attached hydrogen (secondary N) is 2. The van der Waals surface area contributed by atoms with Gasteiger partial charge in [0.1, 0.15) is 22.8 Å². The molecule has 5 heterocycles. The molecule has 0 fully saturated rings. The van der Waals surface area contributed by atoms with Crippen LogP contribution in [0.25, 0.3) is 56.0 Å². The van der Waals surface area contributed by atoms with E-state index in [-0.39, 0.29) is 5.75 Å². The van der Waals surface area contributed by atoms with Crippen LogP contribution in [0, 0.1) is 5.82 Å². The van der Waals surface area contributed by atoms with Crippen molar-refractivity contribution < 1.29 is 9.50 Å². The molecule has 0 spiro atoms. The van der Waals surface area contributed by atoms with Crippen molar-refractivity contribution in [3.63, 3.8) is 0 Å². The fourth-order valence-electron chi connectivity index (χ4n) is 3.84. The Morgan fingerprint density at radius 3 is 2.64 bits per heavy atom. The zero-order chi connectivity index (χ0) is 22.5. The fourth-order valence-corrected chi connectivity index (χ4v) is 3.84. The standard InChI is InChI=1S/C23H15FN8O/c24-14-3-11(5-16(33)7-14)17-1-2-27-22-19(17)29-23(30-22)20-18-6-13(9-28-21(18)32-31-20)12-4-15(25)10-26-8-12/h1-10,33H,25H2,(H,27,29,30)(H,28,31,32). The smallest absolute Gasteiger partial charge is 0.161 e. The van der Waals surface area contributed by atoms with E-state index >= 15 is 0 Å². The minimum absolute atomic E-state index is 0.168. The number of aromatic hydroxyl groups is 1. The molecule has 5 N–H and O–H groups in total. The van der Waals surface area contributed by atoms with E-state index in [0.29, 0.717) is 45.1 Å². The maximum Gasteiger partial charge on any atom is 0.161 e. The van der Waals surface area contributed by atoms with Crippen molar-refractivity contribution in [1.29, 1.82) is 0 Å². The maximum absolute atomic E-state index is 13.9. The van der Waals surface area contributed by atoms with E-state index in [2.05, 4.69) is 30.1 Å². The quantitative estimate of drug-likeness (QED) is 0.326. The number of phenols is 1.